The van der Waals surface area contributed by atoms with Gasteiger partial charge in [0.1, 0.15) is 5.54 Å². The monoisotopic (exact) mass is 284 g/mol. The van der Waals surface area contributed by atoms with Gasteiger partial charge in [-0.15, -0.1) is 0 Å². The van der Waals surface area contributed by atoms with Gasteiger partial charge in [0.15, 0.2) is 0 Å². The Morgan fingerprint density at radius 2 is 1.81 bits per heavy atom. The van der Waals surface area contributed by atoms with E-state index < -0.39 is 11.5 Å². The Labute approximate surface area is 124 Å². The molecular formula is C17H20N2O2. The maximum atomic E-state index is 12.1. The number of carboxylic acids is 1. The van der Waals surface area contributed by atoms with Crippen LogP contribution < -0.4 is 5.32 Å². The Hall–Kier alpha value is -1.91. The van der Waals surface area contributed by atoms with E-state index in [1.165, 1.54) is 0 Å². The number of hydrogen-bond donors (Lipinski definition) is 2. The first kappa shape index (κ1) is 14.0. The fraction of sp³-hybridized carbons (Fsp3) is 0.353. The van der Waals surface area contributed by atoms with Crippen molar-refractivity contribution in [2.75, 3.05) is 26.2 Å². The zero-order valence-corrected chi connectivity index (χ0v) is 12.2. The number of piperazine rings is 1. The fourth-order valence-corrected chi connectivity index (χ4v) is 3.18. The molecule has 0 saturated carbocycles. The highest BCUT2D eigenvalue weighted by Crippen LogP contribution is 2.34. The molecule has 1 saturated heterocycles. The zero-order chi connectivity index (χ0) is 14.9. The standard InChI is InChI=1S/C17H20N2O2/c1-17(16(20)21,19-11-9-18-10-12-19)15-8-4-6-13-5-2-3-7-14(13)15/h2-8,18H,9-12H2,1H3,(H,20,21). The summed E-state index contributed by atoms with van der Waals surface area (Å²) >= 11 is 0. The largest absolute Gasteiger partial charge is 0.480 e. The molecule has 1 fully saturated rings. The van der Waals surface area contributed by atoms with Crippen LogP contribution >= 0.6 is 0 Å². The maximum absolute atomic E-state index is 12.1. The summed E-state index contributed by atoms with van der Waals surface area (Å²) in [5, 5.41) is 15.3. The molecule has 1 aliphatic rings. The van der Waals surface area contributed by atoms with E-state index in [-0.39, 0.29) is 0 Å². The van der Waals surface area contributed by atoms with Crippen molar-refractivity contribution in [3.8, 4) is 0 Å². The van der Waals surface area contributed by atoms with Gasteiger partial charge in [-0.25, -0.2) is 4.79 Å². The molecule has 2 N–H and O–H groups in total. The Morgan fingerprint density at radius 1 is 1.14 bits per heavy atom. The average Bonchev–Trinajstić information content (AvgIpc) is 2.54. The number of hydrogen-bond acceptors (Lipinski definition) is 3. The molecule has 0 aliphatic carbocycles. The molecule has 0 spiro atoms. The van der Waals surface area contributed by atoms with E-state index in [9.17, 15) is 9.90 Å². The molecule has 4 heteroatoms. The summed E-state index contributed by atoms with van der Waals surface area (Å²) in [5.74, 6) is -0.791. The predicted octanol–water partition coefficient (Wildman–Crippen LogP) is 2.04. The lowest BCUT2D eigenvalue weighted by Gasteiger charge is -2.41. The second-order valence-electron chi connectivity index (χ2n) is 5.64. The molecule has 1 aliphatic heterocycles. The van der Waals surface area contributed by atoms with Crippen molar-refractivity contribution in [2.45, 2.75) is 12.5 Å². The van der Waals surface area contributed by atoms with Gasteiger partial charge in [0.2, 0.25) is 0 Å². The first-order valence-electron chi connectivity index (χ1n) is 7.31. The summed E-state index contributed by atoms with van der Waals surface area (Å²) in [6, 6.07) is 13.9. The van der Waals surface area contributed by atoms with Gasteiger partial charge in [0.05, 0.1) is 0 Å². The normalized spacial score (nSPS) is 19.3. The van der Waals surface area contributed by atoms with E-state index in [4.69, 9.17) is 0 Å². The molecule has 2 aromatic rings. The third-order valence-electron chi connectivity index (χ3n) is 4.48. The molecule has 0 radical (unpaired) electrons. The van der Waals surface area contributed by atoms with Crippen LogP contribution in [-0.2, 0) is 10.3 Å². The number of rotatable bonds is 3. The minimum Gasteiger partial charge on any atom is -0.480 e. The minimum atomic E-state index is -0.997. The Balaban J connectivity index is 2.17. The van der Waals surface area contributed by atoms with E-state index >= 15 is 0 Å². The average molecular weight is 284 g/mol. The van der Waals surface area contributed by atoms with Gasteiger partial charge in [-0.1, -0.05) is 42.5 Å². The highest BCUT2D eigenvalue weighted by molar-refractivity contribution is 5.92. The van der Waals surface area contributed by atoms with Crippen LogP contribution in [0.15, 0.2) is 42.5 Å². The van der Waals surface area contributed by atoms with Gasteiger partial charge in [0.25, 0.3) is 0 Å². The number of benzene rings is 2. The molecule has 1 atom stereocenters. The molecule has 0 aromatic heterocycles. The molecular weight excluding hydrogens is 264 g/mol. The summed E-state index contributed by atoms with van der Waals surface area (Å²) < 4.78 is 0. The Bertz CT molecular complexity index is 659. The van der Waals surface area contributed by atoms with Crippen molar-refractivity contribution in [3.05, 3.63) is 48.0 Å². The van der Waals surface area contributed by atoms with Gasteiger partial charge in [0, 0.05) is 26.2 Å². The highest BCUT2D eigenvalue weighted by Gasteiger charge is 2.42. The van der Waals surface area contributed by atoms with E-state index in [1.807, 2.05) is 49.4 Å². The van der Waals surface area contributed by atoms with Crippen molar-refractivity contribution < 1.29 is 9.90 Å². The van der Waals surface area contributed by atoms with Crippen molar-refractivity contribution in [1.29, 1.82) is 0 Å². The van der Waals surface area contributed by atoms with Crippen molar-refractivity contribution >= 4 is 16.7 Å². The fourth-order valence-electron chi connectivity index (χ4n) is 3.18. The molecule has 21 heavy (non-hydrogen) atoms. The van der Waals surface area contributed by atoms with Crippen molar-refractivity contribution in [3.63, 3.8) is 0 Å². The second-order valence-corrected chi connectivity index (χ2v) is 5.64. The van der Waals surface area contributed by atoms with Crippen LogP contribution in [0.1, 0.15) is 12.5 Å². The lowest BCUT2D eigenvalue weighted by atomic mass is 9.85. The smallest absolute Gasteiger partial charge is 0.328 e. The molecule has 2 aromatic carbocycles. The van der Waals surface area contributed by atoms with Crippen LogP contribution in [0, 0.1) is 0 Å². The molecule has 0 bridgehead atoms. The molecule has 4 nitrogen and oxygen atoms in total. The maximum Gasteiger partial charge on any atom is 0.328 e. The van der Waals surface area contributed by atoms with Crippen LogP contribution in [0.3, 0.4) is 0 Å². The van der Waals surface area contributed by atoms with E-state index in [0.717, 1.165) is 42.5 Å². The summed E-state index contributed by atoms with van der Waals surface area (Å²) in [4.78, 5) is 14.2. The number of nitrogens with zero attached hydrogens (tertiary/aromatic N) is 1. The van der Waals surface area contributed by atoms with Gasteiger partial charge >= 0.3 is 5.97 Å². The molecule has 1 heterocycles. The summed E-state index contributed by atoms with van der Waals surface area (Å²) in [6.07, 6.45) is 0. The number of aliphatic carboxylic acids is 1. The molecule has 3 rings (SSSR count). The molecule has 110 valence electrons. The van der Waals surface area contributed by atoms with Gasteiger partial charge in [-0.2, -0.15) is 0 Å². The number of nitrogens with one attached hydrogen (secondary N) is 1. The molecule has 1 unspecified atom stereocenters. The SMILES string of the molecule is CC(C(=O)O)(c1cccc2ccccc12)N1CCNCC1. The summed E-state index contributed by atoms with van der Waals surface area (Å²) in [7, 11) is 0. The van der Waals surface area contributed by atoms with Gasteiger partial charge in [-0.3, -0.25) is 4.90 Å². The Morgan fingerprint density at radius 3 is 2.52 bits per heavy atom. The predicted molar refractivity (Wildman–Crippen MR) is 83.4 cm³/mol. The zero-order valence-electron chi connectivity index (χ0n) is 12.2. The first-order valence-corrected chi connectivity index (χ1v) is 7.31. The van der Waals surface area contributed by atoms with E-state index in [1.54, 1.807) is 0 Å². The summed E-state index contributed by atoms with van der Waals surface area (Å²) in [6.45, 7) is 4.96. The third kappa shape index (κ3) is 2.30. The number of carboxylic acid groups (broad SMARTS) is 1. The van der Waals surface area contributed by atoms with E-state index in [2.05, 4.69) is 10.2 Å². The van der Waals surface area contributed by atoms with Crippen LogP contribution in [-0.4, -0.2) is 42.2 Å². The molecule has 0 amide bonds. The van der Waals surface area contributed by atoms with Gasteiger partial charge in [-0.05, 0) is 23.3 Å². The Kier molecular flexibility index (Phi) is 3.66. The lowest BCUT2D eigenvalue weighted by molar-refractivity contribution is -0.151. The number of fused-ring (bicyclic) bond motifs is 1. The van der Waals surface area contributed by atoms with Crippen LogP contribution in [0.4, 0.5) is 0 Å². The highest BCUT2D eigenvalue weighted by atomic mass is 16.4. The third-order valence-corrected chi connectivity index (χ3v) is 4.48. The quantitative estimate of drug-likeness (QED) is 0.905. The lowest BCUT2D eigenvalue weighted by Crippen LogP contribution is -2.56. The van der Waals surface area contributed by atoms with Crippen LogP contribution in [0.25, 0.3) is 10.8 Å². The summed E-state index contributed by atoms with van der Waals surface area (Å²) in [5.41, 5.74) is -0.127. The topological polar surface area (TPSA) is 52.6 Å². The first-order chi connectivity index (χ1) is 10.1. The van der Waals surface area contributed by atoms with Crippen LogP contribution in [0.5, 0.6) is 0 Å². The van der Waals surface area contributed by atoms with Crippen LogP contribution in [0.2, 0.25) is 0 Å². The second kappa shape index (κ2) is 5.47. The van der Waals surface area contributed by atoms with Crippen molar-refractivity contribution in [1.82, 2.24) is 10.2 Å². The van der Waals surface area contributed by atoms with E-state index in [0.29, 0.717) is 0 Å². The van der Waals surface area contributed by atoms with Crippen molar-refractivity contribution in [2.24, 2.45) is 0 Å². The number of carbonyl (C=O) groups is 1. The van der Waals surface area contributed by atoms with Gasteiger partial charge < -0.3 is 10.4 Å². The minimum absolute atomic E-state index is 0.742.